The summed E-state index contributed by atoms with van der Waals surface area (Å²) in [4.78, 5) is 11.2. The van der Waals surface area contributed by atoms with Gasteiger partial charge in [-0.15, -0.1) is 0 Å². The molecule has 1 saturated heterocycles. The Morgan fingerprint density at radius 3 is 2.37 bits per heavy atom. The minimum absolute atomic E-state index is 0.0331. The molecule has 7 N–H and O–H groups in total. The summed E-state index contributed by atoms with van der Waals surface area (Å²) in [6.07, 6.45) is -7.90. The van der Waals surface area contributed by atoms with E-state index in [-0.39, 0.29) is 39.5 Å². The maximum atomic E-state index is 11.2. The lowest BCUT2D eigenvalue weighted by molar-refractivity contribution is -0.278. The largest absolute Gasteiger partial charge is 0.507 e. The van der Waals surface area contributed by atoms with Crippen LogP contribution in [0.15, 0.2) is 40.8 Å². The number of phenolic OH excluding ortho intramolecular Hbond substituents is 4. The van der Waals surface area contributed by atoms with E-state index in [1.807, 2.05) is 0 Å². The first-order valence-corrected chi connectivity index (χ1v) is 10.4. The molecule has 35 heavy (non-hydrogen) atoms. The molecule has 12 nitrogen and oxygen atoms in total. The lowest BCUT2D eigenvalue weighted by Gasteiger charge is -2.39. The summed E-state index contributed by atoms with van der Waals surface area (Å²) in [5.41, 5.74) is 0.230. The van der Waals surface area contributed by atoms with Gasteiger partial charge in [-0.3, -0.25) is 4.79 Å². The summed E-state index contributed by atoms with van der Waals surface area (Å²) >= 11 is 0. The van der Waals surface area contributed by atoms with Gasteiger partial charge in [0.15, 0.2) is 11.5 Å². The molecule has 5 atom stereocenters. The number of esters is 1. The SMILES string of the molecule is CC(=O)OCC1O[C@@H](Oc2cc3c(O)cc(O)cc3[o+]c2-c2ccc(O)c(O)c2)C(O)[C@@H](O)[C@H]1O. The molecule has 4 rings (SSSR count). The van der Waals surface area contributed by atoms with Gasteiger partial charge in [0.2, 0.25) is 12.0 Å². The molecule has 0 aliphatic carbocycles. The van der Waals surface area contributed by atoms with Gasteiger partial charge in [0.05, 0.1) is 11.6 Å². The number of aliphatic hydroxyl groups excluding tert-OH is 3. The van der Waals surface area contributed by atoms with Crippen molar-refractivity contribution in [2.75, 3.05) is 6.61 Å². The molecule has 2 unspecified atom stereocenters. The molecule has 186 valence electrons. The van der Waals surface area contributed by atoms with E-state index in [9.17, 15) is 40.5 Å². The van der Waals surface area contributed by atoms with Gasteiger partial charge in [0.1, 0.15) is 47.9 Å². The van der Waals surface area contributed by atoms with Crippen molar-refractivity contribution in [3.63, 3.8) is 0 Å². The summed E-state index contributed by atoms with van der Waals surface area (Å²) in [6.45, 7) is 0.718. The Kier molecular flexibility index (Phi) is 6.54. The van der Waals surface area contributed by atoms with Gasteiger partial charge in [0.25, 0.3) is 0 Å². The van der Waals surface area contributed by atoms with Crippen LogP contribution in [0.1, 0.15) is 6.92 Å². The average Bonchev–Trinajstić information content (AvgIpc) is 2.80. The van der Waals surface area contributed by atoms with Crippen molar-refractivity contribution in [3.8, 4) is 40.1 Å². The third-order valence-corrected chi connectivity index (χ3v) is 5.42. The molecular weight excluding hydrogens is 468 g/mol. The summed E-state index contributed by atoms with van der Waals surface area (Å²) in [7, 11) is 0. The number of carbonyl (C=O) groups is 1. The Bertz CT molecular complexity index is 1260. The lowest BCUT2D eigenvalue weighted by atomic mass is 9.99. The van der Waals surface area contributed by atoms with Gasteiger partial charge in [-0.2, -0.15) is 0 Å². The number of hydrogen-bond acceptors (Lipinski definition) is 11. The van der Waals surface area contributed by atoms with Crippen LogP contribution in [0, 0.1) is 0 Å². The predicted molar refractivity (Wildman–Crippen MR) is 117 cm³/mol. The lowest BCUT2D eigenvalue weighted by Crippen LogP contribution is -2.60. The Labute approximate surface area is 197 Å². The van der Waals surface area contributed by atoms with Crippen LogP contribution in [0.4, 0.5) is 0 Å². The standard InChI is InChI=1S/C23H22O12/c1-9(24)32-8-18-19(29)20(30)21(31)23(35-18)34-17-7-12-14(27)5-11(25)6-16(12)33-22(17)10-2-3-13(26)15(28)4-10/h2-7,18-21,23,29-31H,8H2,1H3,(H3-,25,26,27,28)/p+1/t18?,19-,20-,21?,23+/m0/s1. The third-order valence-electron chi connectivity index (χ3n) is 5.42. The highest BCUT2D eigenvalue weighted by molar-refractivity contribution is 5.88. The van der Waals surface area contributed by atoms with Crippen molar-refractivity contribution in [2.45, 2.75) is 37.6 Å². The molecule has 2 heterocycles. The molecule has 0 amide bonds. The molecule has 1 fully saturated rings. The van der Waals surface area contributed by atoms with Gasteiger partial charge in [-0.1, -0.05) is 0 Å². The molecule has 2 aromatic carbocycles. The van der Waals surface area contributed by atoms with Crippen molar-refractivity contribution >= 4 is 16.9 Å². The normalized spacial score (nSPS) is 24.3. The van der Waals surface area contributed by atoms with E-state index in [2.05, 4.69) is 0 Å². The first-order valence-electron chi connectivity index (χ1n) is 10.4. The maximum Gasteiger partial charge on any atom is 0.402 e. The molecule has 1 aliphatic rings. The van der Waals surface area contributed by atoms with Crippen molar-refractivity contribution in [1.82, 2.24) is 0 Å². The Balaban J connectivity index is 1.77. The van der Waals surface area contributed by atoms with Crippen LogP contribution >= 0.6 is 0 Å². The minimum Gasteiger partial charge on any atom is -0.507 e. The number of rotatable bonds is 5. The fourth-order valence-corrected chi connectivity index (χ4v) is 3.61. The van der Waals surface area contributed by atoms with E-state index in [4.69, 9.17) is 18.6 Å². The van der Waals surface area contributed by atoms with Crippen LogP contribution < -0.4 is 4.74 Å². The van der Waals surface area contributed by atoms with E-state index in [0.717, 1.165) is 19.1 Å². The number of hydrogen-bond donors (Lipinski definition) is 7. The van der Waals surface area contributed by atoms with Gasteiger partial charge in [-0.05, 0) is 12.1 Å². The second-order valence-corrected chi connectivity index (χ2v) is 7.96. The van der Waals surface area contributed by atoms with Gasteiger partial charge in [-0.25, -0.2) is 4.42 Å². The van der Waals surface area contributed by atoms with E-state index in [0.29, 0.717) is 0 Å². The van der Waals surface area contributed by atoms with Crippen molar-refractivity contribution in [2.24, 2.45) is 0 Å². The first-order chi connectivity index (χ1) is 16.5. The molecule has 3 aromatic rings. The number of phenols is 4. The quantitative estimate of drug-likeness (QED) is 0.152. The van der Waals surface area contributed by atoms with Crippen molar-refractivity contribution < 1.29 is 59.2 Å². The summed E-state index contributed by atoms with van der Waals surface area (Å²) < 4.78 is 22.0. The second-order valence-electron chi connectivity index (χ2n) is 7.96. The molecule has 12 heteroatoms. The number of fused-ring (bicyclic) bond motifs is 1. The third kappa shape index (κ3) is 4.86. The van der Waals surface area contributed by atoms with E-state index >= 15 is 0 Å². The van der Waals surface area contributed by atoms with Crippen molar-refractivity contribution in [3.05, 3.63) is 36.4 Å². The van der Waals surface area contributed by atoms with Crippen LogP contribution in [0.3, 0.4) is 0 Å². The zero-order valence-electron chi connectivity index (χ0n) is 18.2. The minimum atomic E-state index is -1.75. The number of aliphatic hydroxyl groups is 3. The van der Waals surface area contributed by atoms with E-state index in [1.165, 1.54) is 24.3 Å². The van der Waals surface area contributed by atoms with Gasteiger partial charge < -0.3 is 50.0 Å². The van der Waals surface area contributed by atoms with Gasteiger partial charge >= 0.3 is 17.3 Å². The maximum absolute atomic E-state index is 11.2. The van der Waals surface area contributed by atoms with Crippen LogP contribution in [0.5, 0.6) is 28.7 Å². The number of benzene rings is 2. The molecular formula is C23H23O12+. The highest BCUT2D eigenvalue weighted by Gasteiger charge is 2.46. The van der Waals surface area contributed by atoms with Gasteiger partial charge in [0, 0.05) is 25.1 Å². The number of carbonyl (C=O) groups excluding carboxylic acids is 1. The predicted octanol–water partition coefficient (Wildman–Crippen LogP) is 0.953. The van der Waals surface area contributed by atoms with Crippen LogP contribution in [0.2, 0.25) is 0 Å². The fourth-order valence-electron chi connectivity index (χ4n) is 3.61. The highest BCUT2D eigenvalue weighted by Crippen LogP contribution is 2.42. The molecule has 0 bridgehead atoms. The summed E-state index contributed by atoms with van der Waals surface area (Å²) in [5.74, 6) is -2.38. The number of ether oxygens (including phenoxy) is 3. The first kappa shape index (κ1) is 24.3. The summed E-state index contributed by atoms with van der Waals surface area (Å²) in [6, 6.07) is 7.33. The smallest absolute Gasteiger partial charge is 0.402 e. The molecule has 0 saturated carbocycles. The van der Waals surface area contributed by atoms with Crippen molar-refractivity contribution in [1.29, 1.82) is 0 Å². The second kappa shape index (κ2) is 9.43. The topological polar surface area (TPSA) is 198 Å². The summed E-state index contributed by atoms with van der Waals surface area (Å²) in [5, 5.41) is 70.7. The number of aromatic hydroxyl groups is 4. The monoisotopic (exact) mass is 491 g/mol. The van der Waals surface area contributed by atoms with E-state index in [1.54, 1.807) is 0 Å². The van der Waals surface area contributed by atoms with Crippen LogP contribution in [-0.4, -0.2) is 79.0 Å². The van der Waals surface area contributed by atoms with Crippen LogP contribution in [-0.2, 0) is 14.3 Å². The molecule has 1 aliphatic heterocycles. The Morgan fingerprint density at radius 1 is 0.943 bits per heavy atom. The zero-order valence-corrected chi connectivity index (χ0v) is 18.2. The van der Waals surface area contributed by atoms with E-state index < -0.39 is 54.8 Å². The molecule has 0 radical (unpaired) electrons. The average molecular weight is 491 g/mol. The molecule has 0 spiro atoms. The Morgan fingerprint density at radius 2 is 1.69 bits per heavy atom. The zero-order chi connectivity index (χ0) is 25.4. The molecule has 1 aromatic heterocycles. The Hall–Kier alpha value is -3.84. The fraction of sp³-hybridized carbons (Fsp3) is 0.304. The highest BCUT2D eigenvalue weighted by atomic mass is 16.7. The van der Waals surface area contributed by atoms with Crippen LogP contribution in [0.25, 0.3) is 22.3 Å².